The molecule has 1 fully saturated rings. The third kappa shape index (κ3) is 5.59. The van der Waals surface area contributed by atoms with Crippen molar-refractivity contribution in [3.8, 4) is 5.75 Å². The minimum absolute atomic E-state index is 0.00727. The molecule has 35 heavy (non-hydrogen) atoms. The minimum atomic E-state index is -3.89. The van der Waals surface area contributed by atoms with Crippen LogP contribution in [0.25, 0.3) is 0 Å². The SMILES string of the molecule is CCCCC1CN(c2ccc(F)cc2)c2cc(SCC)c(OCC3(C(=O)O)CC3)cc2S(=O)(=O)N1. The Kier molecular flexibility index (Phi) is 7.63. The van der Waals surface area contributed by atoms with Gasteiger partial charge in [0, 0.05) is 24.3 Å². The molecule has 2 N–H and O–H groups in total. The van der Waals surface area contributed by atoms with Gasteiger partial charge in [0.05, 0.1) is 10.6 Å². The van der Waals surface area contributed by atoms with E-state index in [1.54, 1.807) is 18.2 Å². The quantitative estimate of drug-likeness (QED) is 0.416. The molecule has 1 aliphatic carbocycles. The number of benzene rings is 2. The van der Waals surface area contributed by atoms with Crippen LogP contribution in [0.15, 0.2) is 46.2 Å². The van der Waals surface area contributed by atoms with Gasteiger partial charge in [-0.15, -0.1) is 11.8 Å². The highest BCUT2D eigenvalue weighted by molar-refractivity contribution is 7.99. The summed E-state index contributed by atoms with van der Waals surface area (Å²) in [4.78, 5) is 14.3. The van der Waals surface area contributed by atoms with Gasteiger partial charge in [-0.25, -0.2) is 17.5 Å². The lowest BCUT2D eigenvalue weighted by atomic mass is 10.1. The number of halogens is 1. The molecule has 0 aromatic heterocycles. The van der Waals surface area contributed by atoms with E-state index in [0.29, 0.717) is 42.9 Å². The van der Waals surface area contributed by atoms with Crippen LogP contribution < -0.4 is 14.4 Å². The van der Waals surface area contributed by atoms with Crippen LogP contribution in [0.4, 0.5) is 15.8 Å². The second kappa shape index (κ2) is 10.4. The van der Waals surface area contributed by atoms with Crippen LogP contribution in [-0.4, -0.2) is 44.4 Å². The molecule has 4 rings (SSSR count). The Morgan fingerprint density at radius 3 is 2.57 bits per heavy atom. The van der Waals surface area contributed by atoms with Crippen LogP contribution in [-0.2, 0) is 14.8 Å². The van der Waals surface area contributed by atoms with E-state index >= 15 is 0 Å². The van der Waals surface area contributed by atoms with E-state index in [9.17, 15) is 22.7 Å². The van der Waals surface area contributed by atoms with Gasteiger partial charge in [-0.1, -0.05) is 26.7 Å². The van der Waals surface area contributed by atoms with Gasteiger partial charge in [0.25, 0.3) is 0 Å². The highest BCUT2D eigenvalue weighted by Gasteiger charge is 2.51. The Morgan fingerprint density at radius 2 is 1.97 bits per heavy atom. The lowest BCUT2D eigenvalue weighted by Crippen LogP contribution is -2.39. The minimum Gasteiger partial charge on any atom is -0.491 e. The maximum absolute atomic E-state index is 13.7. The van der Waals surface area contributed by atoms with Crippen molar-refractivity contribution in [2.75, 3.05) is 23.8 Å². The van der Waals surface area contributed by atoms with Crippen molar-refractivity contribution >= 4 is 39.1 Å². The van der Waals surface area contributed by atoms with Crippen LogP contribution in [0, 0.1) is 11.2 Å². The number of hydrogen-bond acceptors (Lipinski definition) is 6. The molecule has 1 saturated carbocycles. The first-order valence-electron chi connectivity index (χ1n) is 11.9. The van der Waals surface area contributed by atoms with E-state index < -0.39 is 21.4 Å². The average Bonchev–Trinajstić information content (AvgIpc) is 3.62. The average molecular weight is 523 g/mol. The molecule has 2 aromatic carbocycles. The summed E-state index contributed by atoms with van der Waals surface area (Å²) in [6, 6.07) is 9.00. The highest BCUT2D eigenvalue weighted by atomic mass is 32.2. The fourth-order valence-corrected chi connectivity index (χ4v) is 6.46. The van der Waals surface area contributed by atoms with E-state index in [-0.39, 0.29) is 23.4 Å². The zero-order valence-electron chi connectivity index (χ0n) is 19.9. The Labute approximate surface area is 210 Å². The van der Waals surface area contributed by atoms with E-state index in [4.69, 9.17) is 4.74 Å². The Bertz CT molecular complexity index is 1180. The van der Waals surface area contributed by atoms with E-state index in [1.165, 1.54) is 30.0 Å². The number of sulfonamides is 1. The maximum Gasteiger partial charge on any atom is 0.313 e. The van der Waals surface area contributed by atoms with Gasteiger partial charge in [-0.3, -0.25) is 4.79 Å². The Hall–Kier alpha value is -2.30. The fourth-order valence-electron chi connectivity index (χ4n) is 4.23. The number of carbonyl (C=O) groups is 1. The van der Waals surface area contributed by atoms with E-state index in [2.05, 4.69) is 11.6 Å². The summed E-state index contributed by atoms with van der Waals surface area (Å²) in [6.07, 6.45) is 3.55. The van der Waals surface area contributed by atoms with E-state index in [1.807, 2.05) is 11.8 Å². The molecule has 7 nitrogen and oxygen atoms in total. The summed E-state index contributed by atoms with van der Waals surface area (Å²) in [5, 5.41) is 9.52. The number of unbranched alkanes of at least 4 members (excludes halogenated alkanes) is 1. The van der Waals surface area contributed by atoms with Crippen LogP contribution in [0.5, 0.6) is 5.75 Å². The number of aliphatic carboxylic acids is 1. The predicted molar refractivity (Wildman–Crippen MR) is 135 cm³/mol. The van der Waals surface area contributed by atoms with Crippen molar-refractivity contribution in [3.05, 3.63) is 42.2 Å². The molecule has 190 valence electrons. The van der Waals surface area contributed by atoms with Gasteiger partial charge in [-0.05, 0) is 55.3 Å². The molecule has 2 aliphatic rings. The van der Waals surface area contributed by atoms with Crippen molar-refractivity contribution in [2.45, 2.75) is 61.8 Å². The standard InChI is InChI=1S/C25H31FN2O5S2/c1-3-5-6-18-15-28(19-9-7-17(26)8-10-19)20-13-22(34-4-2)21(14-23(20)35(31,32)27-18)33-16-25(11-12-25)24(29)30/h7-10,13-14,18,27H,3-6,11-12,15-16H2,1-2H3,(H,29,30). The fraction of sp³-hybridized carbons (Fsp3) is 0.480. The molecule has 1 atom stereocenters. The zero-order valence-corrected chi connectivity index (χ0v) is 21.6. The second-order valence-corrected chi connectivity index (χ2v) is 12.1. The molecule has 0 amide bonds. The monoisotopic (exact) mass is 522 g/mol. The lowest BCUT2D eigenvalue weighted by molar-refractivity contribution is -0.144. The van der Waals surface area contributed by atoms with Crippen LogP contribution in [0.1, 0.15) is 46.0 Å². The molecule has 10 heteroatoms. The largest absolute Gasteiger partial charge is 0.491 e. The first-order valence-corrected chi connectivity index (χ1v) is 14.4. The molecular weight excluding hydrogens is 491 g/mol. The van der Waals surface area contributed by atoms with Gasteiger partial charge in [-0.2, -0.15) is 0 Å². The molecule has 0 bridgehead atoms. The Morgan fingerprint density at radius 1 is 1.26 bits per heavy atom. The summed E-state index contributed by atoms with van der Waals surface area (Å²) < 4.78 is 49.4. The number of carboxylic acids is 1. The number of rotatable bonds is 10. The van der Waals surface area contributed by atoms with Crippen molar-refractivity contribution in [3.63, 3.8) is 0 Å². The van der Waals surface area contributed by atoms with Crippen LogP contribution >= 0.6 is 11.8 Å². The third-order valence-electron chi connectivity index (χ3n) is 6.49. The smallest absolute Gasteiger partial charge is 0.313 e. The van der Waals surface area contributed by atoms with Crippen molar-refractivity contribution in [1.82, 2.24) is 4.72 Å². The highest BCUT2D eigenvalue weighted by Crippen LogP contribution is 2.48. The summed E-state index contributed by atoms with van der Waals surface area (Å²) in [6.45, 7) is 4.43. The number of nitrogens with one attached hydrogen (secondary N) is 1. The molecule has 1 aliphatic heterocycles. The molecule has 0 spiro atoms. The number of thioether (sulfide) groups is 1. The number of hydrogen-bond donors (Lipinski definition) is 2. The van der Waals surface area contributed by atoms with Gasteiger partial charge in [0.1, 0.15) is 28.5 Å². The van der Waals surface area contributed by atoms with Crippen molar-refractivity contribution in [1.29, 1.82) is 0 Å². The lowest BCUT2D eigenvalue weighted by Gasteiger charge is -2.28. The normalized spacial score (nSPS) is 20.1. The van der Waals surface area contributed by atoms with Gasteiger partial charge in [0.2, 0.25) is 10.0 Å². The maximum atomic E-state index is 13.7. The number of carboxylic acid groups (broad SMARTS) is 1. The van der Waals surface area contributed by atoms with Crippen LogP contribution in [0.2, 0.25) is 0 Å². The van der Waals surface area contributed by atoms with E-state index in [0.717, 1.165) is 23.5 Å². The molecular formula is C25H31FN2O5S2. The predicted octanol–water partition coefficient (Wildman–Crippen LogP) is 5.17. The van der Waals surface area contributed by atoms with Gasteiger partial charge >= 0.3 is 5.97 Å². The molecule has 2 aromatic rings. The molecule has 1 heterocycles. The zero-order chi connectivity index (χ0) is 25.2. The van der Waals surface area contributed by atoms with Gasteiger partial charge in [0.15, 0.2) is 0 Å². The van der Waals surface area contributed by atoms with Crippen molar-refractivity contribution in [2.24, 2.45) is 5.41 Å². The number of nitrogens with zero attached hydrogens (tertiary/aromatic N) is 1. The summed E-state index contributed by atoms with van der Waals surface area (Å²) >= 11 is 1.50. The number of ether oxygens (including phenoxy) is 1. The summed E-state index contributed by atoms with van der Waals surface area (Å²) in [7, 11) is -3.89. The molecule has 1 unspecified atom stereocenters. The van der Waals surface area contributed by atoms with Gasteiger partial charge < -0.3 is 14.7 Å². The summed E-state index contributed by atoms with van der Waals surface area (Å²) in [5.74, 6) is -0.178. The second-order valence-electron chi connectivity index (χ2n) is 9.12. The first kappa shape index (κ1) is 25.8. The Balaban J connectivity index is 1.80. The first-order chi connectivity index (χ1) is 16.7. The van der Waals surface area contributed by atoms with Crippen molar-refractivity contribution < 1.29 is 27.4 Å². The van der Waals surface area contributed by atoms with Crippen LogP contribution in [0.3, 0.4) is 0 Å². The summed E-state index contributed by atoms with van der Waals surface area (Å²) in [5.41, 5.74) is 0.284. The molecule has 0 saturated heterocycles. The molecule has 0 radical (unpaired) electrons. The topological polar surface area (TPSA) is 95.9 Å². The third-order valence-corrected chi connectivity index (χ3v) is 8.95. The number of fused-ring (bicyclic) bond motifs is 1. The number of anilines is 2.